The predicted octanol–water partition coefficient (Wildman–Crippen LogP) is 3.71. The highest BCUT2D eigenvalue weighted by Crippen LogP contribution is 2.37. The zero-order valence-electron chi connectivity index (χ0n) is 11.5. The Kier molecular flexibility index (Phi) is 2.64. The fourth-order valence-electron chi connectivity index (χ4n) is 2.79. The lowest BCUT2D eigenvalue weighted by atomic mass is 9.91. The monoisotopic (exact) mass is 220 g/mol. The van der Waals surface area contributed by atoms with Crippen LogP contribution in [0.25, 0.3) is 0 Å². The van der Waals surface area contributed by atoms with Crippen LogP contribution in [0.2, 0.25) is 0 Å². The minimum absolute atomic E-state index is 0.390. The van der Waals surface area contributed by atoms with Gasteiger partial charge in [0.05, 0.1) is 5.69 Å². The molecule has 0 aromatic carbocycles. The minimum atomic E-state index is 0.390. The predicted molar refractivity (Wildman–Crippen MR) is 67.9 cm³/mol. The van der Waals surface area contributed by atoms with Crippen LogP contribution in [0.1, 0.15) is 70.6 Å². The summed E-state index contributed by atoms with van der Waals surface area (Å²) in [6.07, 6.45) is 1.12. The first-order chi connectivity index (χ1) is 7.32. The Bertz CT molecular complexity index is 397. The Morgan fingerprint density at radius 2 is 1.75 bits per heavy atom. The molecule has 0 atom stereocenters. The number of nitrogens with zero attached hydrogens (tertiary/aromatic N) is 2. The zero-order valence-corrected chi connectivity index (χ0v) is 11.5. The van der Waals surface area contributed by atoms with Crippen molar-refractivity contribution in [2.75, 3.05) is 0 Å². The van der Waals surface area contributed by atoms with Gasteiger partial charge in [-0.2, -0.15) is 0 Å². The Morgan fingerprint density at radius 3 is 2.25 bits per heavy atom. The van der Waals surface area contributed by atoms with Crippen LogP contribution in [0.4, 0.5) is 0 Å². The summed E-state index contributed by atoms with van der Waals surface area (Å²) in [5, 5.41) is 0. The maximum Gasteiger partial charge on any atom is 0.109 e. The van der Waals surface area contributed by atoms with Crippen LogP contribution < -0.4 is 0 Å². The van der Waals surface area contributed by atoms with Crippen LogP contribution in [0.15, 0.2) is 0 Å². The van der Waals surface area contributed by atoms with Gasteiger partial charge in [0.1, 0.15) is 5.82 Å². The molecule has 0 unspecified atom stereocenters. The van der Waals surface area contributed by atoms with Crippen LogP contribution in [0.5, 0.6) is 0 Å². The van der Waals surface area contributed by atoms with Crippen molar-refractivity contribution in [3.63, 3.8) is 0 Å². The van der Waals surface area contributed by atoms with Crippen molar-refractivity contribution in [3.8, 4) is 0 Å². The maximum absolute atomic E-state index is 4.87. The van der Waals surface area contributed by atoms with Gasteiger partial charge in [-0.25, -0.2) is 4.98 Å². The number of rotatable bonds is 2. The van der Waals surface area contributed by atoms with Crippen molar-refractivity contribution in [2.45, 2.75) is 66.3 Å². The molecule has 0 amide bonds. The van der Waals surface area contributed by atoms with E-state index in [-0.39, 0.29) is 0 Å². The van der Waals surface area contributed by atoms with Crippen molar-refractivity contribution in [3.05, 3.63) is 17.2 Å². The molecule has 2 heteroatoms. The topological polar surface area (TPSA) is 17.8 Å². The van der Waals surface area contributed by atoms with E-state index in [1.54, 1.807) is 0 Å². The largest absolute Gasteiger partial charge is 0.331 e. The molecule has 1 aliphatic rings. The van der Waals surface area contributed by atoms with E-state index < -0.39 is 0 Å². The molecule has 0 saturated heterocycles. The lowest BCUT2D eigenvalue weighted by molar-refractivity contribution is 0.352. The fourth-order valence-corrected chi connectivity index (χ4v) is 2.79. The van der Waals surface area contributed by atoms with Gasteiger partial charge in [-0.05, 0) is 17.3 Å². The summed E-state index contributed by atoms with van der Waals surface area (Å²) in [7, 11) is 0. The van der Waals surface area contributed by atoms with Crippen LogP contribution in [0.3, 0.4) is 0 Å². The lowest BCUT2D eigenvalue weighted by Crippen LogP contribution is -2.15. The molecular weight excluding hydrogens is 196 g/mol. The molecule has 1 aromatic heterocycles. The molecule has 0 aliphatic carbocycles. The van der Waals surface area contributed by atoms with Crippen molar-refractivity contribution < 1.29 is 0 Å². The van der Waals surface area contributed by atoms with Gasteiger partial charge in [-0.1, -0.05) is 41.5 Å². The zero-order chi connectivity index (χ0) is 12.1. The summed E-state index contributed by atoms with van der Waals surface area (Å²) >= 11 is 0. The summed E-state index contributed by atoms with van der Waals surface area (Å²) < 4.78 is 2.47. The van der Waals surface area contributed by atoms with Gasteiger partial charge in [0.15, 0.2) is 0 Å². The smallest absolute Gasteiger partial charge is 0.109 e. The molecule has 1 aliphatic heterocycles. The molecule has 2 nitrogen and oxygen atoms in total. The van der Waals surface area contributed by atoms with E-state index in [4.69, 9.17) is 4.98 Å². The molecule has 1 aromatic rings. The minimum Gasteiger partial charge on any atom is -0.331 e. The molecule has 2 heterocycles. The number of hydrogen-bond donors (Lipinski definition) is 0. The van der Waals surface area contributed by atoms with E-state index in [0.29, 0.717) is 17.3 Å². The van der Waals surface area contributed by atoms with Crippen molar-refractivity contribution in [2.24, 2.45) is 5.41 Å². The molecule has 0 fully saturated rings. The second-order valence-electron chi connectivity index (χ2n) is 6.54. The summed E-state index contributed by atoms with van der Waals surface area (Å²) in [4.78, 5) is 4.87. The highest BCUT2D eigenvalue weighted by molar-refractivity contribution is 5.26. The summed E-state index contributed by atoms with van der Waals surface area (Å²) in [6.45, 7) is 14.9. The molecular formula is C14H24N2. The van der Waals surface area contributed by atoms with Gasteiger partial charge < -0.3 is 4.57 Å². The van der Waals surface area contributed by atoms with Crippen LogP contribution in [-0.2, 0) is 13.0 Å². The average molecular weight is 220 g/mol. The van der Waals surface area contributed by atoms with Crippen LogP contribution >= 0.6 is 0 Å². The van der Waals surface area contributed by atoms with E-state index in [9.17, 15) is 0 Å². The van der Waals surface area contributed by atoms with Gasteiger partial charge in [0, 0.05) is 18.7 Å². The summed E-state index contributed by atoms with van der Waals surface area (Å²) in [5.41, 5.74) is 3.18. The van der Waals surface area contributed by atoms with E-state index in [1.807, 2.05) is 0 Å². The van der Waals surface area contributed by atoms with Gasteiger partial charge in [0.25, 0.3) is 0 Å². The normalized spacial score (nSPS) is 18.5. The van der Waals surface area contributed by atoms with Gasteiger partial charge in [0.2, 0.25) is 0 Å². The first-order valence-corrected chi connectivity index (χ1v) is 6.41. The molecule has 0 radical (unpaired) electrons. The number of aromatic nitrogens is 2. The van der Waals surface area contributed by atoms with E-state index in [1.165, 1.54) is 17.2 Å². The molecule has 16 heavy (non-hydrogen) atoms. The van der Waals surface area contributed by atoms with Crippen molar-refractivity contribution in [1.29, 1.82) is 0 Å². The highest BCUT2D eigenvalue weighted by Gasteiger charge is 2.33. The summed E-state index contributed by atoms with van der Waals surface area (Å²) in [6, 6.07) is 0. The molecule has 0 spiro atoms. The Morgan fingerprint density at radius 1 is 1.12 bits per heavy atom. The molecule has 0 saturated carbocycles. The second kappa shape index (κ2) is 3.61. The highest BCUT2D eigenvalue weighted by atomic mass is 15.1. The van der Waals surface area contributed by atoms with Gasteiger partial charge >= 0.3 is 0 Å². The molecule has 90 valence electrons. The average Bonchev–Trinajstić information content (AvgIpc) is 2.54. The van der Waals surface area contributed by atoms with Crippen LogP contribution in [0, 0.1) is 5.41 Å². The summed E-state index contributed by atoms with van der Waals surface area (Å²) in [5.74, 6) is 2.42. The molecule has 2 rings (SSSR count). The molecule has 0 bridgehead atoms. The third kappa shape index (κ3) is 1.79. The van der Waals surface area contributed by atoms with Gasteiger partial charge in [-0.3, -0.25) is 0 Å². The lowest BCUT2D eigenvalue weighted by Gasteiger charge is -2.19. The number of hydrogen-bond acceptors (Lipinski definition) is 1. The molecule has 0 N–H and O–H groups in total. The van der Waals surface area contributed by atoms with Gasteiger partial charge in [-0.15, -0.1) is 0 Å². The maximum atomic E-state index is 4.87. The fraction of sp³-hybridized carbons (Fsp3) is 0.786. The third-order valence-electron chi connectivity index (χ3n) is 3.43. The van der Waals surface area contributed by atoms with E-state index in [2.05, 4.69) is 46.1 Å². The standard InChI is InChI=1S/C14H24N2/c1-9(2)12-13(10(3)4)16-8-14(5,6)7-11(16)15-12/h9-10H,7-8H2,1-6H3. The van der Waals surface area contributed by atoms with Crippen molar-refractivity contribution in [1.82, 2.24) is 9.55 Å². The third-order valence-corrected chi connectivity index (χ3v) is 3.43. The number of fused-ring (bicyclic) bond motifs is 1. The SMILES string of the molecule is CC(C)c1nc2n(c1C(C)C)CC(C)(C)C2. The Hall–Kier alpha value is -0.790. The number of imidazole rings is 1. The van der Waals surface area contributed by atoms with Crippen molar-refractivity contribution >= 4 is 0 Å². The van der Waals surface area contributed by atoms with Crippen LogP contribution in [-0.4, -0.2) is 9.55 Å². The first kappa shape index (κ1) is 11.7. The Balaban J connectivity index is 2.49. The Labute approximate surface area is 99.1 Å². The quantitative estimate of drug-likeness (QED) is 0.743. The van der Waals surface area contributed by atoms with E-state index >= 15 is 0 Å². The van der Waals surface area contributed by atoms with E-state index in [0.717, 1.165) is 13.0 Å². The first-order valence-electron chi connectivity index (χ1n) is 6.41. The second-order valence-corrected chi connectivity index (χ2v) is 6.54.